The van der Waals surface area contributed by atoms with E-state index < -0.39 is 5.91 Å². The number of amides is 1. The Labute approximate surface area is 161 Å². The van der Waals surface area contributed by atoms with Crippen LogP contribution in [0.3, 0.4) is 0 Å². The van der Waals surface area contributed by atoms with Crippen LogP contribution in [-0.2, 0) is 5.75 Å². The molecule has 0 aliphatic heterocycles. The van der Waals surface area contributed by atoms with E-state index >= 15 is 0 Å². The summed E-state index contributed by atoms with van der Waals surface area (Å²) in [5.74, 6) is 0.296. The fourth-order valence-electron chi connectivity index (χ4n) is 1.83. The topological polar surface area (TPSA) is 94.5 Å². The SMILES string of the molecule is N#Cc1ccc(CSc2nnc(NC(=O)c3cc(Cl)c(Cl)[nH]3)s2)cc1. The van der Waals surface area contributed by atoms with Gasteiger partial charge in [-0.25, -0.2) is 0 Å². The maximum Gasteiger partial charge on any atom is 0.273 e. The van der Waals surface area contributed by atoms with Gasteiger partial charge in [0.25, 0.3) is 5.91 Å². The van der Waals surface area contributed by atoms with Gasteiger partial charge < -0.3 is 4.98 Å². The van der Waals surface area contributed by atoms with Crippen molar-refractivity contribution in [3.8, 4) is 6.07 Å². The largest absolute Gasteiger partial charge is 0.340 e. The minimum atomic E-state index is -0.395. The minimum Gasteiger partial charge on any atom is -0.340 e. The molecule has 0 bridgehead atoms. The number of nitriles is 1. The van der Waals surface area contributed by atoms with Gasteiger partial charge in [0.1, 0.15) is 10.8 Å². The smallest absolute Gasteiger partial charge is 0.273 e. The number of hydrogen-bond donors (Lipinski definition) is 2. The Morgan fingerprint density at radius 3 is 2.72 bits per heavy atom. The summed E-state index contributed by atoms with van der Waals surface area (Å²) in [5, 5.41) is 20.3. The first-order chi connectivity index (χ1) is 12.0. The van der Waals surface area contributed by atoms with Gasteiger partial charge in [-0.15, -0.1) is 10.2 Å². The first-order valence-corrected chi connectivity index (χ1v) is 9.41. The van der Waals surface area contributed by atoms with E-state index in [1.807, 2.05) is 12.1 Å². The van der Waals surface area contributed by atoms with Crippen LogP contribution in [0.1, 0.15) is 21.6 Å². The molecule has 0 saturated carbocycles. The molecule has 126 valence electrons. The number of rotatable bonds is 5. The van der Waals surface area contributed by atoms with Crippen LogP contribution in [-0.4, -0.2) is 21.1 Å². The summed E-state index contributed by atoms with van der Waals surface area (Å²) in [6.07, 6.45) is 0. The van der Waals surface area contributed by atoms with Crippen molar-refractivity contribution in [2.75, 3.05) is 5.32 Å². The van der Waals surface area contributed by atoms with E-state index in [1.165, 1.54) is 29.2 Å². The molecule has 2 N–H and O–H groups in total. The number of aromatic amines is 1. The molecule has 2 aromatic heterocycles. The van der Waals surface area contributed by atoms with Crippen LogP contribution < -0.4 is 5.32 Å². The van der Waals surface area contributed by atoms with Crippen LogP contribution in [0, 0.1) is 11.3 Å². The standard InChI is InChI=1S/C15H9Cl2N5OS2/c16-10-5-11(19-12(10)17)13(23)20-14-21-22-15(25-14)24-7-9-3-1-8(6-18)2-4-9/h1-5,19H,7H2,(H,20,21,23). The number of benzene rings is 1. The van der Waals surface area contributed by atoms with Crippen LogP contribution in [0.4, 0.5) is 5.13 Å². The number of halogens is 2. The van der Waals surface area contributed by atoms with Crippen LogP contribution in [0.15, 0.2) is 34.7 Å². The second-order valence-electron chi connectivity index (χ2n) is 4.77. The Morgan fingerprint density at radius 1 is 1.32 bits per heavy atom. The van der Waals surface area contributed by atoms with Gasteiger partial charge in [-0.3, -0.25) is 10.1 Å². The molecule has 3 rings (SSSR count). The zero-order valence-corrected chi connectivity index (χ0v) is 15.6. The summed E-state index contributed by atoms with van der Waals surface area (Å²) in [7, 11) is 0. The van der Waals surface area contributed by atoms with E-state index in [1.54, 1.807) is 12.1 Å². The molecular formula is C15H9Cl2N5OS2. The molecule has 10 heteroatoms. The van der Waals surface area contributed by atoms with E-state index in [-0.39, 0.29) is 15.9 Å². The number of carbonyl (C=O) groups is 1. The van der Waals surface area contributed by atoms with Gasteiger partial charge in [-0.05, 0) is 23.8 Å². The minimum absolute atomic E-state index is 0.211. The highest BCUT2D eigenvalue weighted by Gasteiger charge is 2.14. The van der Waals surface area contributed by atoms with Crippen LogP contribution in [0.2, 0.25) is 10.2 Å². The van der Waals surface area contributed by atoms with Crippen molar-refractivity contribution in [2.24, 2.45) is 0 Å². The normalized spacial score (nSPS) is 10.4. The molecule has 0 aliphatic carbocycles. The molecule has 25 heavy (non-hydrogen) atoms. The summed E-state index contributed by atoms with van der Waals surface area (Å²) < 4.78 is 0.724. The highest BCUT2D eigenvalue weighted by Crippen LogP contribution is 2.29. The second-order valence-corrected chi connectivity index (χ2v) is 7.75. The molecule has 0 fully saturated rings. The van der Waals surface area contributed by atoms with E-state index in [2.05, 4.69) is 26.6 Å². The van der Waals surface area contributed by atoms with Crippen molar-refractivity contribution >= 4 is 57.3 Å². The van der Waals surface area contributed by atoms with Crippen molar-refractivity contribution in [1.29, 1.82) is 5.26 Å². The molecule has 0 atom stereocenters. The van der Waals surface area contributed by atoms with E-state index in [0.29, 0.717) is 16.4 Å². The molecule has 1 amide bonds. The van der Waals surface area contributed by atoms with Gasteiger partial charge in [0.2, 0.25) is 5.13 Å². The van der Waals surface area contributed by atoms with Crippen molar-refractivity contribution in [1.82, 2.24) is 15.2 Å². The Kier molecular flexibility index (Phi) is 5.60. The van der Waals surface area contributed by atoms with Crippen LogP contribution in [0.25, 0.3) is 0 Å². The molecule has 0 aliphatic rings. The van der Waals surface area contributed by atoms with E-state index in [4.69, 9.17) is 28.5 Å². The van der Waals surface area contributed by atoms with Crippen molar-refractivity contribution in [2.45, 2.75) is 10.1 Å². The second kappa shape index (κ2) is 7.89. The average Bonchev–Trinajstić information content (AvgIpc) is 3.20. The van der Waals surface area contributed by atoms with Gasteiger partial charge >= 0.3 is 0 Å². The van der Waals surface area contributed by atoms with Crippen LogP contribution >= 0.6 is 46.3 Å². The highest BCUT2D eigenvalue weighted by atomic mass is 35.5. The molecule has 0 unspecified atom stereocenters. The zero-order chi connectivity index (χ0) is 17.8. The first kappa shape index (κ1) is 17.8. The highest BCUT2D eigenvalue weighted by molar-refractivity contribution is 8.00. The number of aromatic nitrogens is 3. The number of thioether (sulfide) groups is 1. The molecule has 3 aromatic rings. The quantitative estimate of drug-likeness (QED) is 0.474. The van der Waals surface area contributed by atoms with E-state index in [9.17, 15) is 4.79 Å². The number of hydrogen-bond acceptors (Lipinski definition) is 6. The third-order valence-corrected chi connectivity index (χ3v) is 5.78. The molecule has 0 saturated heterocycles. The van der Waals surface area contributed by atoms with Gasteiger partial charge in [0.15, 0.2) is 4.34 Å². The molecule has 0 spiro atoms. The molecule has 6 nitrogen and oxygen atoms in total. The number of carbonyl (C=O) groups excluding carboxylic acids is 1. The number of nitrogens with zero attached hydrogens (tertiary/aromatic N) is 3. The Morgan fingerprint density at radius 2 is 2.08 bits per heavy atom. The molecule has 1 aromatic carbocycles. The summed E-state index contributed by atoms with van der Waals surface area (Å²) in [5.41, 5.74) is 1.94. The van der Waals surface area contributed by atoms with Crippen molar-refractivity contribution < 1.29 is 4.79 Å². The average molecular weight is 410 g/mol. The third kappa shape index (κ3) is 4.52. The van der Waals surface area contributed by atoms with Gasteiger partial charge in [0.05, 0.1) is 16.7 Å². The number of anilines is 1. The predicted octanol–water partition coefficient (Wildman–Crippen LogP) is 4.59. The summed E-state index contributed by atoms with van der Waals surface area (Å²) in [6, 6.07) is 10.9. The lowest BCUT2D eigenvalue weighted by Gasteiger charge is -1.98. The maximum atomic E-state index is 12.1. The Balaban J connectivity index is 1.58. The lowest BCUT2D eigenvalue weighted by Crippen LogP contribution is -2.11. The van der Waals surface area contributed by atoms with Crippen molar-refractivity contribution in [3.63, 3.8) is 0 Å². The van der Waals surface area contributed by atoms with Crippen molar-refractivity contribution in [3.05, 3.63) is 57.3 Å². The summed E-state index contributed by atoms with van der Waals surface area (Å²) in [6.45, 7) is 0. The fourth-order valence-corrected chi connectivity index (χ4v) is 3.85. The first-order valence-electron chi connectivity index (χ1n) is 6.86. The monoisotopic (exact) mass is 409 g/mol. The maximum absolute atomic E-state index is 12.1. The summed E-state index contributed by atoms with van der Waals surface area (Å²) >= 11 is 14.4. The lowest BCUT2D eigenvalue weighted by molar-refractivity contribution is 0.102. The molecule has 0 radical (unpaired) electrons. The summed E-state index contributed by atoms with van der Waals surface area (Å²) in [4.78, 5) is 14.8. The number of H-pyrrole nitrogens is 1. The Bertz CT molecular complexity index is 926. The molecular weight excluding hydrogens is 401 g/mol. The van der Waals surface area contributed by atoms with Gasteiger partial charge in [-0.2, -0.15) is 5.26 Å². The number of nitrogens with one attached hydrogen (secondary N) is 2. The van der Waals surface area contributed by atoms with Gasteiger partial charge in [0, 0.05) is 5.75 Å². The van der Waals surface area contributed by atoms with Crippen LogP contribution in [0.5, 0.6) is 0 Å². The lowest BCUT2D eigenvalue weighted by atomic mass is 10.2. The van der Waals surface area contributed by atoms with Gasteiger partial charge in [-0.1, -0.05) is 58.4 Å². The molecule has 2 heterocycles. The fraction of sp³-hybridized carbons (Fsp3) is 0.0667. The Hall–Kier alpha value is -2.05. The predicted molar refractivity (Wildman–Crippen MR) is 99.4 cm³/mol. The zero-order valence-electron chi connectivity index (χ0n) is 12.4. The third-order valence-electron chi connectivity index (χ3n) is 3.04. The van der Waals surface area contributed by atoms with E-state index in [0.717, 1.165) is 9.90 Å².